The molecule has 0 amide bonds. The molecule has 3 nitrogen and oxygen atoms in total. The van der Waals surface area contributed by atoms with Gasteiger partial charge in [0.05, 0.1) is 7.11 Å². The van der Waals surface area contributed by atoms with Crippen molar-refractivity contribution >= 4 is 0 Å². The number of ether oxygens (including phenoxy) is 2. The number of rotatable bonds is 5. The number of methoxy groups -OCH3 is 1. The van der Waals surface area contributed by atoms with Gasteiger partial charge in [-0.05, 0) is 42.3 Å². The summed E-state index contributed by atoms with van der Waals surface area (Å²) < 4.78 is 23.8. The summed E-state index contributed by atoms with van der Waals surface area (Å²) in [5.41, 5.74) is 1.35. The van der Waals surface area contributed by atoms with Gasteiger partial charge in [0.25, 0.3) is 0 Å². The minimum absolute atomic E-state index is 0.0762. The van der Waals surface area contributed by atoms with E-state index in [9.17, 15) is 9.50 Å². The molecule has 4 heteroatoms. The lowest BCUT2D eigenvalue weighted by Gasteiger charge is -2.16. The van der Waals surface area contributed by atoms with Crippen LogP contribution in [0.3, 0.4) is 0 Å². The van der Waals surface area contributed by atoms with Gasteiger partial charge >= 0.3 is 0 Å². The molecule has 0 fully saturated rings. The Morgan fingerprint density at radius 3 is 2.50 bits per heavy atom. The highest BCUT2D eigenvalue weighted by Crippen LogP contribution is 2.27. The summed E-state index contributed by atoms with van der Waals surface area (Å²) in [6, 6.07) is 11.5. The molecule has 2 aromatic rings. The van der Waals surface area contributed by atoms with Crippen LogP contribution in [0.1, 0.15) is 17.2 Å². The van der Waals surface area contributed by atoms with Crippen LogP contribution in [0.15, 0.2) is 42.5 Å². The van der Waals surface area contributed by atoms with Gasteiger partial charge in [-0.1, -0.05) is 18.2 Å². The SMILES string of the molecule is COc1ccccc1OCC(O)c1ccc(F)cc1C. The molecule has 2 aromatic carbocycles. The van der Waals surface area contributed by atoms with Gasteiger partial charge in [-0.15, -0.1) is 0 Å². The van der Waals surface area contributed by atoms with Crippen molar-refractivity contribution in [1.82, 2.24) is 0 Å². The largest absolute Gasteiger partial charge is 0.493 e. The van der Waals surface area contributed by atoms with Crippen molar-refractivity contribution in [3.8, 4) is 11.5 Å². The fourth-order valence-electron chi connectivity index (χ4n) is 2.01. The lowest BCUT2D eigenvalue weighted by Crippen LogP contribution is -2.11. The second kappa shape index (κ2) is 6.39. The average Bonchev–Trinajstić information content (AvgIpc) is 2.45. The number of hydrogen-bond acceptors (Lipinski definition) is 3. The van der Waals surface area contributed by atoms with E-state index < -0.39 is 6.10 Å². The number of aliphatic hydroxyl groups is 1. The normalized spacial score (nSPS) is 12.0. The van der Waals surface area contributed by atoms with Crippen LogP contribution < -0.4 is 9.47 Å². The van der Waals surface area contributed by atoms with Crippen LogP contribution in [-0.4, -0.2) is 18.8 Å². The van der Waals surface area contributed by atoms with Crippen molar-refractivity contribution in [1.29, 1.82) is 0 Å². The van der Waals surface area contributed by atoms with Crippen molar-refractivity contribution in [2.45, 2.75) is 13.0 Å². The molecule has 0 aromatic heterocycles. The smallest absolute Gasteiger partial charge is 0.161 e. The van der Waals surface area contributed by atoms with Crippen LogP contribution in [0.2, 0.25) is 0 Å². The van der Waals surface area contributed by atoms with Gasteiger partial charge in [-0.2, -0.15) is 0 Å². The standard InChI is InChI=1S/C16H17FO3/c1-11-9-12(17)7-8-13(11)14(18)10-20-16-6-4-3-5-15(16)19-2/h3-9,14,18H,10H2,1-2H3. The van der Waals surface area contributed by atoms with Crippen molar-refractivity contribution in [2.75, 3.05) is 13.7 Å². The molecule has 0 aliphatic carbocycles. The van der Waals surface area contributed by atoms with E-state index >= 15 is 0 Å². The molecule has 1 unspecified atom stereocenters. The maximum atomic E-state index is 13.0. The summed E-state index contributed by atoms with van der Waals surface area (Å²) in [4.78, 5) is 0. The predicted molar refractivity (Wildman–Crippen MR) is 74.6 cm³/mol. The van der Waals surface area contributed by atoms with Crippen molar-refractivity contribution in [2.24, 2.45) is 0 Å². The zero-order chi connectivity index (χ0) is 14.5. The van der Waals surface area contributed by atoms with E-state index in [0.717, 1.165) is 0 Å². The van der Waals surface area contributed by atoms with Gasteiger partial charge in [0.15, 0.2) is 11.5 Å². The molecule has 0 saturated carbocycles. The van der Waals surface area contributed by atoms with E-state index in [1.807, 2.05) is 12.1 Å². The molecule has 0 aliphatic heterocycles. The minimum atomic E-state index is -0.819. The van der Waals surface area contributed by atoms with Crippen molar-refractivity contribution in [3.63, 3.8) is 0 Å². The third kappa shape index (κ3) is 3.27. The van der Waals surface area contributed by atoms with Crippen LogP contribution in [-0.2, 0) is 0 Å². The van der Waals surface area contributed by atoms with E-state index in [2.05, 4.69) is 0 Å². The molecule has 106 valence electrons. The number of hydrogen-bond donors (Lipinski definition) is 1. The van der Waals surface area contributed by atoms with Crippen molar-refractivity contribution in [3.05, 3.63) is 59.4 Å². The summed E-state index contributed by atoms with van der Waals surface area (Å²) >= 11 is 0. The summed E-state index contributed by atoms with van der Waals surface area (Å²) in [5, 5.41) is 10.1. The Bertz CT molecular complexity index is 584. The van der Waals surface area contributed by atoms with E-state index in [1.54, 1.807) is 32.2 Å². The molecular formula is C16H17FO3. The summed E-state index contributed by atoms with van der Waals surface area (Å²) in [6.07, 6.45) is -0.819. The summed E-state index contributed by atoms with van der Waals surface area (Å²) in [6.45, 7) is 1.83. The Balaban J connectivity index is 2.06. The summed E-state index contributed by atoms with van der Waals surface area (Å²) in [7, 11) is 1.56. The fraction of sp³-hybridized carbons (Fsp3) is 0.250. The molecule has 0 spiro atoms. The maximum absolute atomic E-state index is 13.0. The number of aliphatic hydroxyl groups excluding tert-OH is 1. The molecule has 0 radical (unpaired) electrons. The lowest BCUT2D eigenvalue weighted by atomic mass is 10.0. The van der Waals surface area contributed by atoms with Gasteiger partial charge in [0.1, 0.15) is 18.5 Å². The molecule has 1 atom stereocenters. The van der Waals surface area contributed by atoms with E-state index in [-0.39, 0.29) is 12.4 Å². The highest BCUT2D eigenvalue weighted by molar-refractivity contribution is 5.39. The van der Waals surface area contributed by atoms with E-state index in [0.29, 0.717) is 22.6 Å². The molecule has 0 saturated heterocycles. The lowest BCUT2D eigenvalue weighted by molar-refractivity contribution is 0.106. The zero-order valence-corrected chi connectivity index (χ0v) is 11.5. The van der Waals surface area contributed by atoms with Crippen LogP contribution in [0.4, 0.5) is 4.39 Å². The Morgan fingerprint density at radius 2 is 1.85 bits per heavy atom. The number of halogens is 1. The van der Waals surface area contributed by atoms with Gasteiger partial charge in [0, 0.05) is 0 Å². The first kappa shape index (κ1) is 14.3. The highest BCUT2D eigenvalue weighted by atomic mass is 19.1. The number of aryl methyl sites for hydroxylation is 1. The summed E-state index contributed by atoms with van der Waals surface area (Å²) in [5.74, 6) is 0.855. The number of para-hydroxylation sites is 2. The number of benzene rings is 2. The molecule has 0 heterocycles. The Morgan fingerprint density at radius 1 is 1.15 bits per heavy atom. The first-order valence-corrected chi connectivity index (χ1v) is 6.31. The monoisotopic (exact) mass is 276 g/mol. The third-order valence-corrected chi connectivity index (χ3v) is 3.06. The highest BCUT2D eigenvalue weighted by Gasteiger charge is 2.13. The van der Waals surface area contributed by atoms with Gasteiger partial charge < -0.3 is 14.6 Å². The molecular weight excluding hydrogens is 259 g/mol. The van der Waals surface area contributed by atoms with E-state index in [1.165, 1.54) is 12.1 Å². The molecule has 0 aliphatic rings. The van der Waals surface area contributed by atoms with Gasteiger partial charge in [0.2, 0.25) is 0 Å². The molecule has 20 heavy (non-hydrogen) atoms. The fourth-order valence-corrected chi connectivity index (χ4v) is 2.01. The van der Waals surface area contributed by atoms with Crippen LogP contribution >= 0.6 is 0 Å². The van der Waals surface area contributed by atoms with Crippen LogP contribution in [0.5, 0.6) is 11.5 Å². The Hall–Kier alpha value is -2.07. The quantitative estimate of drug-likeness (QED) is 0.911. The molecule has 1 N–H and O–H groups in total. The van der Waals surface area contributed by atoms with Gasteiger partial charge in [-0.25, -0.2) is 4.39 Å². The second-order valence-electron chi connectivity index (χ2n) is 4.48. The molecule has 0 bridgehead atoms. The average molecular weight is 276 g/mol. The van der Waals surface area contributed by atoms with Crippen LogP contribution in [0.25, 0.3) is 0 Å². The topological polar surface area (TPSA) is 38.7 Å². The van der Waals surface area contributed by atoms with Crippen molar-refractivity contribution < 1.29 is 19.0 Å². The first-order valence-electron chi connectivity index (χ1n) is 6.31. The molecule has 2 rings (SSSR count). The zero-order valence-electron chi connectivity index (χ0n) is 11.5. The van der Waals surface area contributed by atoms with E-state index in [4.69, 9.17) is 9.47 Å². The van der Waals surface area contributed by atoms with Crippen LogP contribution in [0, 0.1) is 12.7 Å². The Kier molecular flexibility index (Phi) is 4.58. The van der Waals surface area contributed by atoms with Gasteiger partial charge in [-0.3, -0.25) is 0 Å². The first-order chi connectivity index (χ1) is 9.61. The minimum Gasteiger partial charge on any atom is -0.493 e. The Labute approximate surface area is 117 Å². The third-order valence-electron chi connectivity index (χ3n) is 3.06. The maximum Gasteiger partial charge on any atom is 0.161 e. The predicted octanol–water partition coefficient (Wildman–Crippen LogP) is 3.26. The second-order valence-corrected chi connectivity index (χ2v) is 4.48.